The van der Waals surface area contributed by atoms with E-state index in [1.54, 1.807) is 0 Å². The minimum atomic E-state index is -0.0334. The van der Waals surface area contributed by atoms with Crippen molar-refractivity contribution in [1.82, 2.24) is 4.90 Å². The summed E-state index contributed by atoms with van der Waals surface area (Å²) in [5.74, 6) is 0. The number of piperidine rings is 1. The third-order valence-corrected chi connectivity index (χ3v) is 2.04. The van der Waals surface area contributed by atoms with Gasteiger partial charge in [-0.2, -0.15) is 0 Å². The second kappa shape index (κ2) is 4.09. The molecule has 1 aliphatic heterocycles. The van der Waals surface area contributed by atoms with Gasteiger partial charge in [-0.05, 0) is 12.8 Å². The van der Waals surface area contributed by atoms with Gasteiger partial charge in [-0.3, -0.25) is 4.85 Å². The smallest absolute Gasteiger partial charge is 0.280 e. The standard InChI is InChI=1S/C8H12N2O/c1-9-8-4-2-3-5-10(8)6-7-11/h7-8H,2-6H2. The Hall–Kier alpha value is -0.880. The molecule has 1 saturated heterocycles. The van der Waals surface area contributed by atoms with Crippen molar-refractivity contribution in [3.05, 3.63) is 11.4 Å². The van der Waals surface area contributed by atoms with E-state index in [1.807, 2.05) is 4.90 Å². The molecule has 60 valence electrons. The molecule has 0 radical (unpaired) electrons. The second-order valence-electron chi connectivity index (χ2n) is 2.77. The summed E-state index contributed by atoms with van der Waals surface area (Å²) in [7, 11) is 0. The third kappa shape index (κ3) is 2.02. The van der Waals surface area contributed by atoms with E-state index in [0.717, 1.165) is 32.1 Å². The molecule has 1 heterocycles. The fraction of sp³-hybridized carbons (Fsp3) is 0.750. The number of rotatable bonds is 2. The maximum Gasteiger partial charge on any atom is 0.280 e. The number of likely N-dealkylation sites (tertiary alicyclic amines) is 1. The van der Waals surface area contributed by atoms with Crippen LogP contribution in [0, 0.1) is 6.57 Å². The van der Waals surface area contributed by atoms with Crippen LogP contribution in [-0.4, -0.2) is 30.4 Å². The highest BCUT2D eigenvalue weighted by Gasteiger charge is 2.25. The van der Waals surface area contributed by atoms with Crippen LogP contribution in [0.4, 0.5) is 0 Å². The predicted octanol–water partition coefficient (Wildman–Crippen LogP) is 0.917. The van der Waals surface area contributed by atoms with Crippen LogP contribution in [0.1, 0.15) is 19.3 Å². The summed E-state index contributed by atoms with van der Waals surface area (Å²) < 4.78 is 0. The van der Waals surface area contributed by atoms with Crippen molar-refractivity contribution in [2.24, 2.45) is 0 Å². The lowest BCUT2D eigenvalue weighted by Gasteiger charge is -2.25. The van der Waals surface area contributed by atoms with E-state index in [-0.39, 0.29) is 6.17 Å². The lowest BCUT2D eigenvalue weighted by Crippen LogP contribution is -2.38. The minimum absolute atomic E-state index is 0.0334. The fourth-order valence-corrected chi connectivity index (χ4v) is 1.43. The first-order valence-corrected chi connectivity index (χ1v) is 3.92. The molecule has 0 aliphatic carbocycles. The van der Waals surface area contributed by atoms with Crippen molar-refractivity contribution >= 4 is 6.29 Å². The Labute approximate surface area is 66.8 Å². The number of hydrogen-bond acceptors (Lipinski definition) is 2. The summed E-state index contributed by atoms with van der Waals surface area (Å²) >= 11 is 0. The van der Waals surface area contributed by atoms with Crippen molar-refractivity contribution < 1.29 is 4.79 Å². The molecule has 0 amide bonds. The third-order valence-electron chi connectivity index (χ3n) is 2.04. The number of aldehydes is 1. The van der Waals surface area contributed by atoms with E-state index in [9.17, 15) is 4.79 Å². The molecule has 1 rings (SSSR count). The zero-order valence-electron chi connectivity index (χ0n) is 6.49. The Balaban J connectivity index is 2.45. The van der Waals surface area contributed by atoms with Gasteiger partial charge in [0.1, 0.15) is 6.29 Å². The zero-order valence-corrected chi connectivity index (χ0v) is 6.49. The van der Waals surface area contributed by atoms with E-state index in [1.165, 1.54) is 0 Å². The summed E-state index contributed by atoms with van der Waals surface area (Å²) in [6.45, 7) is 8.21. The van der Waals surface area contributed by atoms with Gasteiger partial charge in [-0.1, -0.05) is 0 Å². The number of carbonyl (C=O) groups is 1. The predicted molar refractivity (Wildman–Crippen MR) is 41.9 cm³/mol. The Morgan fingerprint density at radius 3 is 3.09 bits per heavy atom. The number of carbonyl (C=O) groups excluding carboxylic acids is 1. The zero-order chi connectivity index (χ0) is 8.10. The molecule has 11 heavy (non-hydrogen) atoms. The summed E-state index contributed by atoms with van der Waals surface area (Å²) in [6, 6.07) is 0. The molecule has 0 aromatic heterocycles. The molecule has 0 spiro atoms. The van der Waals surface area contributed by atoms with Crippen LogP contribution in [0.5, 0.6) is 0 Å². The second-order valence-corrected chi connectivity index (χ2v) is 2.77. The first kappa shape index (κ1) is 8.22. The molecule has 1 unspecified atom stereocenters. The van der Waals surface area contributed by atoms with Crippen LogP contribution in [0.2, 0.25) is 0 Å². The van der Waals surface area contributed by atoms with E-state index in [4.69, 9.17) is 6.57 Å². The summed E-state index contributed by atoms with van der Waals surface area (Å²) in [6.07, 6.45) is 4.03. The van der Waals surface area contributed by atoms with Gasteiger partial charge in [-0.25, -0.2) is 11.5 Å². The Kier molecular flexibility index (Phi) is 3.06. The normalized spacial score (nSPS) is 25.9. The average molecular weight is 152 g/mol. The molecule has 0 aromatic rings. The molecule has 1 aliphatic rings. The first-order chi connectivity index (χ1) is 5.38. The highest BCUT2D eigenvalue weighted by Crippen LogP contribution is 2.16. The van der Waals surface area contributed by atoms with Crippen molar-refractivity contribution in [2.45, 2.75) is 25.4 Å². The van der Waals surface area contributed by atoms with Crippen LogP contribution in [0.15, 0.2) is 0 Å². The Morgan fingerprint density at radius 2 is 2.45 bits per heavy atom. The van der Waals surface area contributed by atoms with Crippen molar-refractivity contribution in [2.75, 3.05) is 13.1 Å². The van der Waals surface area contributed by atoms with Gasteiger partial charge >= 0.3 is 0 Å². The number of nitrogens with zero attached hydrogens (tertiary/aromatic N) is 2. The lowest BCUT2D eigenvalue weighted by molar-refractivity contribution is -0.109. The van der Waals surface area contributed by atoms with Gasteiger partial charge in [0, 0.05) is 13.0 Å². The molecule has 1 atom stereocenters. The SMILES string of the molecule is [C-]#[N+]C1CCCCN1CC=O. The molecular formula is C8H12N2O. The van der Waals surface area contributed by atoms with Gasteiger partial charge in [0.15, 0.2) is 0 Å². The number of hydrogen-bond donors (Lipinski definition) is 0. The van der Waals surface area contributed by atoms with E-state index in [2.05, 4.69) is 4.85 Å². The van der Waals surface area contributed by atoms with Gasteiger partial charge in [0.2, 0.25) is 0 Å². The van der Waals surface area contributed by atoms with E-state index < -0.39 is 0 Å². The summed E-state index contributed by atoms with van der Waals surface area (Å²) in [4.78, 5) is 15.6. The first-order valence-electron chi connectivity index (χ1n) is 3.92. The molecule has 0 N–H and O–H groups in total. The van der Waals surface area contributed by atoms with Gasteiger partial charge in [0.05, 0.1) is 6.54 Å². The average Bonchev–Trinajstić information content (AvgIpc) is 2.06. The fourth-order valence-electron chi connectivity index (χ4n) is 1.43. The lowest BCUT2D eigenvalue weighted by atomic mass is 10.1. The maximum atomic E-state index is 10.2. The largest absolute Gasteiger partial charge is 0.302 e. The van der Waals surface area contributed by atoms with Crippen LogP contribution >= 0.6 is 0 Å². The van der Waals surface area contributed by atoms with Gasteiger partial charge < -0.3 is 4.79 Å². The monoisotopic (exact) mass is 152 g/mol. The van der Waals surface area contributed by atoms with Crippen molar-refractivity contribution in [3.8, 4) is 0 Å². The van der Waals surface area contributed by atoms with Gasteiger partial charge in [0.25, 0.3) is 6.17 Å². The summed E-state index contributed by atoms with van der Waals surface area (Å²) in [5, 5.41) is 0. The summed E-state index contributed by atoms with van der Waals surface area (Å²) in [5.41, 5.74) is 0. The molecule has 3 nitrogen and oxygen atoms in total. The molecule has 0 bridgehead atoms. The molecule has 3 heteroatoms. The minimum Gasteiger partial charge on any atom is -0.302 e. The Bertz CT molecular complexity index is 173. The quantitative estimate of drug-likeness (QED) is 0.434. The molecular weight excluding hydrogens is 140 g/mol. The highest BCUT2D eigenvalue weighted by molar-refractivity contribution is 5.52. The van der Waals surface area contributed by atoms with E-state index >= 15 is 0 Å². The highest BCUT2D eigenvalue weighted by atomic mass is 16.1. The van der Waals surface area contributed by atoms with Crippen LogP contribution in [0.25, 0.3) is 4.85 Å². The molecule has 0 aromatic carbocycles. The van der Waals surface area contributed by atoms with Crippen LogP contribution in [-0.2, 0) is 4.79 Å². The van der Waals surface area contributed by atoms with Crippen molar-refractivity contribution in [3.63, 3.8) is 0 Å². The Morgan fingerprint density at radius 1 is 1.64 bits per heavy atom. The van der Waals surface area contributed by atoms with E-state index in [0.29, 0.717) is 6.54 Å². The van der Waals surface area contributed by atoms with Gasteiger partial charge in [-0.15, -0.1) is 0 Å². The van der Waals surface area contributed by atoms with Crippen LogP contribution < -0.4 is 0 Å². The maximum absolute atomic E-state index is 10.2. The van der Waals surface area contributed by atoms with Crippen LogP contribution in [0.3, 0.4) is 0 Å². The van der Waals surface area contributed by atoms with Crippen molar-refractivity contribution in [1.29, 1.82) is 0 Å². The molecule has 1 fully saturated rings. The molecule has 0 saturated carbocycles. The topological polar surface area (TPSA) is 24.7 Å².